The average molecular weight is 267 g/mol. The molecule has 0 aliphatic rings. The molecule has 0 amide bonds. The molecule has 19 heavy (non-hydrogen) atoms. The third-order valence-electron chi connectivity index (χ3n) is 2.42. The molecule has 1 atom stereocenters. The normalized spacial score (nSPS) is 12.1. The first-order valence-corrected chi connectivity index (χ1v) is 6.37. The Bertz CT molecular complexity index is 410. The fourth-order valence-corrected chi connectivity index (χ4v) is 1.62. The second-order valence-corrected chi connectivity index (χ2v) is 4.50. The maximum atomic E-state index is 11.7. The second-order valence-electron chi connectivity index (χ2n) is 4.50. The van der Waals surface area contributed by atoms with Crippen LogP contribution in [-0.2, 0) is 9.53 Å². The van der Waals surface area contributed by atoms with Crippen LogP contribution in [0.5, 0.6) is 5.88 Å². The summed E-state index contributed by atoms with van der Waals surface area (Å²) in [5, 5.41) is 2.98. The van der Waals surface area contributed by atoms with Crippen LogP contribution in [-0.4, -0.2) is 35.7 Å². The molecule has 1 N–H and O–H groups in total. The van der Waals surface area contributed by atoms with Gasteiger partial charge in [-0.2, -0.15) is 4.98 Å². The van der Waals surface area contributed by atoms with Gasteiger partial charge in [0.2, 0.25) is 11.8 Å². The molecule has 0 aliphatic heterocycles. The Kier molecular flexibility index (Phi) is 6.05. The van der Waals surface area contributed by atoms with E-state index in [0.29, 0.717) is 30.8 Å². The lowest BCUT2D eigenvalue weighted by Gasteiger charge is -2.18. The molecule has 0 radical (unpaired) electrons. The Morgan fingerprint density at radius 1 is 1.47 bits per heavy atom. The number of anilines is 1. The number of hydrogen-bond acceptors (Lipinski definition) is 6. The second kappa shape index (κ2) is 7.56. The van der Waals surface area contributed by atoms with Gasteiger partial charge in [-0.15, -0.1) is 0 Å². The topological polar surface area (TPSA) is 73.3 Å². The predicted octanol–water partition coefficient (Wildman–Crippen LogP) is 1.87. The van der Waals surface area contributed by atoms with Crippen molar-refractivity contribution in [1.29, 1.82) is 0 Å². The van der Waals surface area contributed by atoms with Crippen LogP contribution in [0.3, 0.4) is 0 Å². The van der Waals surface area contributed by atoms with Gasteiger partial charge in [-0.05, 0) is 19.3 Å². The lowest BCUT2D eigenvalue weighted by molar-refractivity contribution is -0.141. The van der Waals surface area contributed by atoms with Crippen molar-refractivity contribution < 1.29 is 14.3 Å². The summed E-state index contributed by atoms with van der Waals surface area (Å²) in [5.41, 5.74) is 0. The van der Waals surface area contributed by atoms with E-state index in [0.717, 1.165) is 0 Å². The van der Waals surface area contributed by atoms with E-state index in [1.807, 2.05) is 20.8 Å². The van der Waals surface area contributed by atoms with Crippen LogP contribution in [0.15, 0.2) is 12.3 Å². The van der Waals surface area contributed by atoms with Crippen molar-refractivity contribution in [2.45, 2.75) is 33.2 Å². The van der Waals surface area contributed by atoms with Crippen molar-refractivity contribution in [2.75, 3.05) is 19.0 Å². The van der Waals surface area contributed by atoms with E-state index in [1.165, 1.54) is 7.11 Å². The summed E-state index contributed by atoms with van der Waals surface area (Å²) in [6, 6.07) is 1.21. The van der Waals surface area contributed by atoms with Crippen LogP contribution >= 0.6 is 0 Å². The lowest BCUT2D eigenvalue weighted by Crippen LogP contribution is -2.32. The van der Waals surface area contributed by atoms with Gasteiger partial charge in [0.05, 0.1) is 13.7 Å². The van der Waals surface area contributed by atoms with E-state index in [2.05, 4.69) is 15.3 Å². The molecular weight excluding hydrogens is 246 g/mol. The third kappa shape index (κ3) is 5.11. The van der Waals surface area contributed by atoms with E-state index in [9.17, 15) is 4.79 Å². The molecule has 6 heteroatoms. The third-order valence-corrected chi connectivity index (χ3v) is 2.42. The van der Waals surface area contributed by atoms with Crippen LogP contribution in [0.4, 0.5) is 5.95 Å². The molecule has 0 aliphatic carbocycles. The predicted molar refractivity (Wildman–Crippen MR) is 72.1 cm³/mol. The number of carbonyl (C=O) groups is 1. The number of hydrogen-bond donors (Lipinski definition) is 1. The first-order chi connectivity index (χ1) is 9.06. The van der Waals surface area contributed by atoms with Crippen molar-refractivity contribution in [3.8, 4) is 5.88 Å². The van der Waals surface area contributed by atoms with E-state index < -0.39 is 6.04 Å². The van der Waals surface area contributed by atoms with Gasteiger partial charge in [0.25, 0.3) is 0 Å². The van der Waals surface area contributed by atoms with Crippen molar-refractivity contribution in [3.63, 3.8) is 0 Å². The number of esters is 1. The Morgan fingerprint density at radius 3 is 2.79 bits per heavy atom. The summed E-state index contributed by atoms with van der Waals surface area (Å²) in [4.78, 5) is 19.9. The average Bonchev–Trinajstić information content (AvgIpc) is 2.37. The standard InChI is InChI=1S/C13H21N3O3/c1-5-19-11-6-7-14-13(16-11)15-10(8-9(2)3)12(17)18-4/h6-7,9-10H,5,8H2,1-4H3,(H,14,15,16). The van der Waals surface area contributed by atoms with Gasteiger partial charge in [-0.3, -0.25) is 0 Å². The molecule has 6 nitrogen and oxygen atoms in total. The minimum absolute atomic E-state index is 0.320. The number of ether oxygens (including phenoxy) is 2. The molecule has 1 unspecified atom stereocenters. The Balaban J connectivity index is 2.77. The zero-order valence-corrected chi connectivity index (χ0v) is 11.8. The molecule has 0 saturated heterocycles. The number of carbonyl (C=O) groups excluding carboxylic acids is 1. The maximum absolute atomic E-state index is 11.7. The molecule has 0 fully saturated rings. The molecule has 106 valence electrons. The van der Waals surface area contributed by atoms with Crippen molar-refractivity contribution >= 4 is 11.9 Å². The molecule has 0 bridgehead atoms. The van der Waals surface area contributed by atoms with E-state index >= 15 is 0 Å². The van der Waals surface area contributed by atoms with E-state index in [1.54, 1.807) is 12.3 Å². The first-order valence-electron chi connectivity index (χ1n) is 6.37. The molecule has 1 rings (SSSR count). The highest BCUT2D eigenvalue weighted by molar-refractivity contribution is 5.78. The molecule has 0 saturated carbocycles. The van der Waals surface area contributed by atoms with Gasteiger partial charge in [0.15, 0.2) is 0 Å². The summed E-state index contributed by atoms with van der Waals surface area (Å²) in [7, 11) is 1.37. The summed E-state index contributed by atoms with van der Waals surface area (Å²) in [6.45, 7) is 6.48. The van der Waals surface area contributed by atoms with Gasteiger partial charge >= 0.3 is 5.97 Å². The molecular formula is C13H21N3O3. The maximum Gasteiger partial charge on any atom is 0.328 e. The Morgan fingerprint density at radius 2 is 2.21 bits per heavy atom. The zero-order chi connectivity index (χ0) is 14.3. The van der Waals surface area contributed by atoms with Gasteiger partial charge in [-0.25, -0.2) is 9.78 Å². The molecule has 0 spiro atoms. The highest BCUT2D eigenvalue weighted by Gasteiger charge is 2.21. The van der Waals surface area contributed by atoms with Crippen molar-refractivity contribution in [3.05, 3.63) is 12.3 Å². The first kappa shape index (κ1) is 15.2. The largest absolute Gasteiger partial charge is 0.478 e. The SMILES string of the molecule is CCOc1ccnc(NC(CC(C)C)C(=O)OC)n1. The zero-order valence-electron chi connectivity index (χ0n) is 11.8. The van der Waals surface area contributed by atoms with Crippen LogP contribution in [0.1, 0.15) is 27.2 Å². The Hall–Kier alpha value is -1.85. The highest BCUT2D eigenvalue weighted by atomic mass is 16.5. The summed E-state index contributed by atoms with van der Waals surface area (Å²) >= 11 is 0. The van der Waals surface area contributed by atoms with Crippen molar-refractivity contribution in [1.82, 2.24) is 9.97 Å². The molecule has 0 aromatic carbocycles. The number of rotatable bonds is 7. The van der Waals surface area contributed by atoms with Crippen LogP contribution in [0.25, 0.3) is 0 Å². The van der Waals surface area contributed by atoms with E-state index in [-0.39, 0.29) is 5.97 Å². The fourth-order valence-electron chi connectivity index (χ4n) is 1.62. The lowest BCUT2D eigenvalue weighted by atomic mass is 10.0. The number of nitrogens with zero attached hydrogens (tertiary/aromatic N) is 2. The minimum atomic E-state index is -0.457. The quantitative estimate of drug-likeness (QED) is 0.760. The van der Waals surface area contributed by atoms with Gasteiger partial charge in [0, 0.05) is 12.3 Å². The number of aromatic nitrogens is 2. The van der Waals surface area contributed by atoms with E-state index in [4.69, 9.17) is 9.47 Å². The summed E-state index contributed by atoms with van der Waals surface area (Å²) in [6.07, 6.45) is 2.24. The van der Waals surface area contributed by atoms with Crippen LogP contribution in [0.2, 0.25) is 0 Å². The van der Waals surface area contributed by atoms with Gasteiger partial charge in [-0.1, -0.05) is 13.8 Å². The molecule has 1 aromatic rings. The molecule has 1 heterocycles. The fraction of sp³-hybridized carbons (Fsp3) is 0.615. The van der Waals surface area contributed by atoms with Crippen molar-refractivity contribution in [2.24, 2.45) is 5.92 Å². The minimum Gasteiger partial charge on any atom is -0.478 e. The number of nitrogens with one attached hydrogen (secondary N) is 1. The smallest absolute Gasteiger partial charge is 0.328 e. The highest BCUT2D eigenvalue weighted by Crippen LogP contribution is 2.13. The summed E-state index contributed by atoms with van der Waals surface area (Å²) in [5.74, 6) is 0.876. The monoisotopic (exact) mass is 267 g/mol. The van der Waals surface area contributed by atoms with Crippen LogP contribution < -0.4 is 10.1 Å². The molecule has 1 aromatic heterocycles. The van der Waals surface area contributed by atoms with Crippen LogP contribution in [0, 0.1) is 5.92 Å². The Labute approximate surface area is 113 Å². The van der Waals surface area contributed by atoms with Gasteiger partial charge < -0.3 is 14.8 Å². The van der Waals surface area contributed by atoms with Gasteiger partial charge in [0.1, 0.15) is 6.04 Å². The number of methoxy groups -OCH3 is 1. The summed E-state index contributed by atoms with van der Waals surface area (Å²) < 4.78 is 10.1.